The molecule has 1 saturated carbocycles. The zero-order chi connectivity index (χ0) is 20.9. The fourth-order valence-electron chi connectivity index (χ4n) is 3.85. The van der Waals surface area contributed by atoms with Gasteiger partial charge in [-0.1, -0.05) is 61.4 Å². The van der Waals surface area contributed by atoms with Crippen LogP contribution in [-0.2, 0) is 17.9 Å². The molecule has 0 bridgehead atoms. The molecular weight excluding hydrogens is 398 g/mol. The molecule has 3 aromatic rings. The predicted molar refractivity (Wildman–Crippen MR) is 119 cm³/mol. The van der Waals surface area contributed by atoms with E-state index in [1.807, 2.05) is 37.3 Å². The number of aryl methyl sites for hydroxylation is 1. The molecule has 0 aliphatic heterocycles. The molecule has 8 heteroatoms. The van der Waals surface area contributed by atoms with Crippen molar-refractivity contribution in [1.29, 1.82) is 0 Å². The van der Waals surface area contributed by atoms with E-state index < -0.39 is 0 Å². The van der Waals surface area contributed by atoms with E-state index in [1.54, 1.807) is 15.4 Å². The lowest BCUT2D eigenvalue weighted by Crippen LogP contribution is -2.37. The van der Waals surface area contributed by atoms with Crippen LogP contribution < -0.4 is 10.9 Å². The Morgan fingerprint density at radius 3 is 2.70 bits per heavy atom. The highest BCUT2D eigenvalue weighted by Gasteiger charge is 2.19. The lowest BCUT2D eigenvalue weighted by atomic mass is 9.95. The first-order valence-corrected chi connectivity index (χ1v) is 11.6. The normalized spacial score (nSPS) is 14.8. The second kappa shape index (κ2) is 9.47. The van der Waals surface area contributed by atoms with Gasteiger partial charge < -0.3 is 5.32 Å². The van der Waals surface area contributed by atoms with Gasteiger partial charge in [-0.15, -0.1) is 0 Å². The number of carbonyl (C=O) groups excluding carboxylic acids is 1. The number of nitrogens with one attached hydrogen (secondary N) is 1. The van der Waals surface area contributed by atoms with Crippen LogP contribution in [0.3, 0.4) is 0 Å². The highest BCUT2D eigenvalue weighted by atomic mass is 32.2. The SMILES string of the molecule is CCn1cc2nc(SCC(=O)NC3CCCCC3)n(Cc3ccccc3)c(=O)c2n1. The molecule has 2 aromatic heterocycles. The minimum absolute atomic E-state index is 0.00300. The fraction of sp³-hybridized carbons (Fsp3) is 0.455. The fourth-order valence-corrected chi connectivity index (χ4v) is 4.66. The van der Waals surface area contributed by atoms with Crippen molar-refractivity contribution < 1.29 is 4.79 Å². The maximum Gasteiger partial charge on any atom is 0.282 e. The highest BCUT2D eigenvalue weighted by molar-refractivity contribution is 7.99. The summed E-state index contributed by atoms with van der Waals surface area (Å²) in [5.41, 5.74) is 1.76. The van der Waals surface area contributed by atoms with Gasteiger partial charge >= 0.3 is 0 Å². The molecule has 1 aliphatic carbocycles. The summed E-state index contributed by atoms with van der Waals surface area (Å²) in [6.45, 7) is 3.04. The van der Waals surface area contributed by atoms with E-state index >= 15 is 0 Å². The molecule has 1 amide bonds. The van der Waals surface area contributed by atoms with Crippen LogP contribution in [0.2, 0.25) is 0 Å². The summed E-state index contributed by atoms with van der Waals surface area (Å²) < 4.78 is 3.35. The molecule has 4 rings (SSSR count). The topological polar surface area (TPSA) is 81.8 Å². The summed E-state index contributed by atoms with van der Waals surface area (Å²) in [6.07, 6.45) is 7.49. The molecule has 30 heavy (non-hydrogen) atoms. The van der Waals surface area contributed by atoms with Crippen molar-refractivity contribution in [2.75, 3.05) is 5.75 Å². The minimum Gasteiger partial charge on any atom is -0.353 e. The van der Waals surface area contributed by atoms with E-state index in [1.165, 1.54) is 31.0 Å². The number of benzene rings is 1. The Bertz CT molecular complexity index is 1070. The molecular formula is C22H27N5O2S. The van der Waals surface area contributed by atoms with Gasteiger partial charge in [-0.2, -0.15) is 5.10 Å². The predicted octanol–water partition coefficient (Wildman–Crippen LogP) is 3.20. The minimum atomic E-state index is -0.175. The Balaban J connectivity index is 1.58. The number of amides is 1. The van der Waals surface area contributed by atoms with Gasteiger partial charge in [0, 0.05) is 12.6 Å². The maximum absolute atomic E-state index is 13.2. The Labute approximate surface area is 179 Å². The largest absolute Gasteiger partial charge is 0.353 e. The molecule has 158 valence electrons. The molecule has 7 nitrogen and oxygen atoms in total. The van der Waals surface area contributed by atoms with Crippen LogP contribution in [0.5, 0.6) is 0 Å². The zero-order valence-corrected chi connectivity index (χ0v) is 18.0. The molecule has 1 fully saturated rings. The third-order valence-electron chi connectivity index (χ3n) is 5.45. The van der Waals surface area contributed by atoms with E-state index in [9.17, 15) is 9.59 Å². The van der Waals surface area contributed by atoms with Gasteiger partial charge in [-0.05, 0) is 25.3 Å². The second-order valence-corrected chi connectivity index (χ2v) is 8.62. The number of carbonyl (C=O) groups is 1. The number of aromatic nitrogens is 4. The van der Waals surface area contributed by atoms with Gasteiger partial charge in [-0.25, -0.2) is 4.98 Å². The van der Waals surface area contributed by atoms with Gasteiger partial charge in [0.1, 0.15) is 5.52 Å². The number of fused-ring (bicyclic) bond motifs is 1. The third kappa shape index (κ3) is 4.75. The van der Waals surface area contributed by atoms with E-state index in [-0.39, 0.29) is 23.3 Å². The van der Waals surface area contributed by atoms with E-state index in [0.717, 1.165) is 18.4 Å². The van der Waals surface area contributed by atoms with Crippen LogP contribution >= 0.6 is 11.8 Å². The Morgan fingerprint density at radius 2 is 1.97 bits per heavy atom. The van der Waals surface area contributed by atoms with Gasteiger partial charge in [0.25, 0.3) is 5.56 Å². The quantitative estimate of drug-likeness (QED) is 0.464. The van der Waals surface area contributed by atoms with Gasteiger partial charge in [0.05, 0.1) is 18.5 Å². The number of thioether (sulfide) groups is 1. The summed E-state index contributed by atoms with van der Waals surface area (Å²) in [4.78, 5) is 30.3. The van der Waals surface area contributed by atoms with Crippen molar-refractivity contribution >= 4 is 28.7 Å². The smallest absolute Gasteiger partial charge is 0.282 e. The monoisotopic (exact) mass is 425 g/mol. The van der Waals surface area contributed by atoms with Gasteiger partial charge in [0.2, 0.25) is 5.91 Å². The number of hydrogen-bond acceptors (Lipinski definition) is 5. The van der Waals surface area contributed by atoms with Crippen molar-refractivity contribution in [3.8, 4) is 0 Å². The Morgan fingerprint density at radius 1 is 1.20 bits per heavy atom. The summed E-state index contributed by atoms with van der Waals surface area (Å²) in [5.74, 6) is 0.238. The lowest BCUT2D eigenvalue weighted by Gasteiger charge is -2.22. The standard InChI is InChI=1S/C22H27N5O2S/c1-2-26-14-18-20(25-26)21(29)27(13-16-9-5-3-6-10-16)22(24-18)30-15-19(28)23-17-11-7-4-8-12-17/h3,5-6,9-10,14,17H,2,4,7-8,11-13,15H2,1H3,(H,23,28). The Kier molecular flexibility index (Phi) is 6.52. The summed E-state index contributed by atoms with van der Waals surface area (Å²) in [7, 11) is 0. The second-order valence-electron chi connectivity index (χ2n) is 7.68. The summed E-state index contributed by atoms with van der Waals surface area (Å²) >= 11 is 1.31. The van der Waals surface area contributed by atoms with Crippen LogP contribution in [-0.4, -0.2) is 37.0 Å². The van der Waals surface area contributed by atoms with Crippen molar-refractivity contribution in [2.45, 2.75) is 63.3 Å². The van der Waals surface area contributed by atoms with E-state index in [4.69, 9.17) is 0 Å². The first-order valence-electron chi connectivity index (χ1n) is 10.6. The van der Waals surface area contributed by atoms with Crippen LogP contribution in [0, 0.1) is 0 Å². The first kappa shape index (κ1) is 20.7. The molecule has 1 aromatic carbocycles. The average Bonchev–Trinajstić information content (AvgIpc) is 3.19. The molecule has 1 N–H and O–H groups in total. The van der Waals surface area contributed by atoms with Crippen molar-refractivity contribution in [2.24, 2.45) is 0 Å². The zero-order valence-electron chi connectivity index (χ0n) is 17.2. The van der Waals surface area contributed by atoms with Gasteiger partial charge in [-0.3, -0.25) is 18.8 Å². The number of nitrogens with zero attached hydrogens (tertiary/aromatic N) is 4. The average molecular weight is 426 g/mol. The van der Waals surface area contributed by atoms with Crippen LogP contribution in [0.4, 0.5) is 0 Å². The highest BCUT2D eigenvalue weighted by Crippen LogP contribution is 2.20. The van der Waals surface area contributed by atoms with E-state index in [2.05, 4.69) is 15.4 Å². The van der Waals surface area contributed by atoms with Crippen LogP contribution in [0.25, 0.3) is 11.0 Å². The third-order valence-corrected chi connectivity index (χ3v) is 6.42. The maximum atomic E-state index is 13.2. The van der Waals surface area contributed by atoms with Crippen LogP contribution in [0.1, 0.15) is 44.6 Å². The van der Waals surface area contributed by atoms with Crippen molar-refractivity contribution in [3.05, 3.63) is 52.4 Å². The van der Waals surface area contributed by atoms with Crippen molar-refractivity contribution in [1.82, 2.24) is 24.6 Å². The Hall–Kier alpha value is -2.61. The molecule has 0 saturated heterocycles. The van der Waals surface area contributed by atoms with E-state index in [0.29, 0.717) is 29.3 Å². The summed E-state index contributed by atoms with van der Waals surface area (Å²) in [6, 6.07) is 10.1. The summed E-state index contributed by atoms with van der Waals surface area (Å²) in [5, 5.41) is 8.06. The van der Waals surface area contributed by atoms with Crippen LogP contribution in [0.15, 0.2) is 46.5 Å². The van der Waals surface area contributed by atoms with Crippen molar-refractivity contribution in [3.63, 3.8) is 0 Å². The number of hydrogen-bond donors (Lipinski definition) is 1. The molecule has 0 unspecified atom stereocenters. The molecule has 0 atom stereocenters. The number of rotatable bonds is 7. The van der Waals surface area contributed by atoms with Gasteiger partial charge in [0.15, 0.2) is 10.7 Å². The molecule has 1 aliphatic rings. The first-order chi connectivity index (χ1) is 14.6. The molecule has 0 spiro atoms. The molecule has 2 heterocycles. The lowest BCUT2D eigenvalue weighted by molar-refractivity contribution is -0.119. The molecule has 0 radical (unpaired) electrons.